The van der Waals surface area contributed by atoms with Gasteiger partial charge in [-0.2, -0.15) is 0 Å². The second kappa shape index (κ2) is 11.8. The lowest BCUT2D eigenvalue weighted by Gasteiger charge is -2.31. The number of nitrogens with one attached hydrogen (secondary N) is 1. The van der Waals surface area contributed by atoms with Gasteiger partial charge in [-0.05, 0) is 50.8 Å². The van der Waals surface area contributed by atoms with Crippen molar-refractivity contribution in [1.29, 1.82) is 0 Å². The van der Waals surface area contributed by atoms with E-state index in [0.717, 1.165) is 16.9 Å². The van der Waals surface area contributed by atoms with Crippen LogP contribution in [-0.4, -0.2) is 34.6 Å². The number of rotatable bonds is 10. The molecular formula is C25H34N2O2S. The van der Waals surface area contributed by atoms with Gasteiger partial charge >= 0.3 is 0 Å². The number of carbonyl (C=O) groups excluding carboxylic acids is 2. The van der Waals surface area contributed by atoms with Crippen LogP contribution in [0.25, 0.3) is 0 Å². The highest BCUT2D eigenvalue weighted by Gasteiger charge is 2.28. The third-order valence-electron chi connectivity index (χ3n) is 5.00. The number of carbonyl (C=O) groups is 2. The summed E-state index contributed by atoms with van der Waals surface area (Å²) >= 11 is 1.60. The fraction of sp³-hybridized carbons (Fsp3) is 0.440. The zero-order valence-corrected chi connectivity index (χ0v) is 19.6. The van der Waals surface area contributed by atoms with Crippen LogP contribution in [0.5, 0.6) is 0 Å². The zero-order chi connectivity index (χ0) is 22.1. The highest BCUT2D eigenvalue weighted by Crippen LogP contribution is 2.19. The number of hydrogen-bond donors (Lipinski definition) is 1. The van der Waals surface area contributed by atoms with Gasteiger partial charge < -0.3 is 10.2 Å². The molecule has 2 aromatic carbocycles. The summed E-state index contributed by atoms with van der Waals surface area (Å²) in [5.41, 5.74) is 4.67. The Morgan fingerprint density at radius 2 is 1.80 bits per heavy atom. The molecule has 0 spiro atoms. The van der Waals surface area contributed by atoms with Crippen LogP contribution in [0, 0.1) is 13.8 Å². The number of thioether (sulfide) groups is 1. The van der Waals surface area contributed by atoms with E-state index in [4.69, 9.17) is 0 Å². The minimum Gasteiger partial charge on any atom is -0.352 e. The van der Waals surface area contributed by atoms with Crippen molar-refractivity contribution in [2.45, 2.75) is 65.4 Å². The highest BCUT2D eigenvalue weighted by atomic mass is 32.2. The van der Waals surface area contributed by atoms with Gasteiger partial charge in [0, 0.05) is 18.3 Å². The predicted molar refractivity (Wildman–Crippen MR) is 126 cm³/mol. The van der Waals surface area contributed by atoms with E-state index in [1.807, 2.05) is 58.0 Å². The van der Waals surface area contributed by atoms with Crippen molar-refractivity contribution in [3.63, 3.8) is 0 Å². The largest absolute Gasteiger partial charge is 0.352 e. The molecular weight excluding hydrogens is 392 g/mol. The van der Waals surface area contributed by atoms with Crippen molar-refractivity contribution < 1.29 is 9.59 Å². The fourth-order valence-corrected chi connectivity index (χ4v) is 4.40. The molecule has 0 aliphatic carbocycles. The Labute approximate surface area is 185 Å². The zero-order valence-electron chi connectivity index (χ0n) is 18.8. The highest BCUT2D eigenvalue weighted by molar-refractivity contribution is 7.99. The lowest BCUT2D eigenvalue weighted by atomic mass is 10.1. The summed E-state index contributed by atoms with van der Waals surface area (Å²) in [7, 11) is 0. The maximum Gasteiger partial charge on any atom is 0.243 e. The number of benzene rings is 2. The molecule has 5 heteroatoms. The Morgan fingerprint density at radius 3 is 2.43 bits per heavy atom. The smallest absolute Gasteiger partial charge is 0.243 e. The van der Waals surface area contributed by atoms with Crippen LogP contribution in [-0.2, 0) is 21.9 Å². The van der Waals surface area contributed by atoms with Crippen molar-refractivity contribution in [3.8, 4) is 0 Å². The van der Waals surface area contributed by atoms with Gasteiger partial charge in [0.2, 0.25) is 11.8 Å². The van der Waals surface area contributed by atoms with Gasteiger partial charge in [0.1, 0.15) is 6.04 Å². The van der Waals surface area contributed by atoms with Crippen LogP contribution >= 0.6 is 11.8 Å². The Kier molecular flexibility index (Phi) is 9.44. The van der Waals surface area contributed by atoms with Crippen LogP contribution in [0.1, 0.15) is 49.4 Å². The topological polar surface area (TPSA) is 49.4 Å². The molecule has 0 fully saturated rings. The molecule has 2 rings (SSSR count). The fourth-order valence-electron chi connectivity index (χ4n) is 3.41. The number of hydrogen-bond acceptors (Lipinski definition) is 3. The maximum atomic E-state index is 13.2. The van der Waals surface area contributed by atoms with E-state index in [1.165, 1.54) is 11.1 Å². The summed E-state index contributed by atoms with van der Waals surface area (Å²) in [4.78, 5) is 27.8. The van der Waals surface area contributed by atoms with E-state index in [9.17, 15) is 9.59 Å². The van der Waals surface area contributed by atoms with Gasteiger partial charge in [-0.1, -0.05) is 61.0 Å². The van der Waals surface area contributed by atoms with Gasteiger partial charge in [0.15, 0.2) is 0 Å². The third kappa shape index (κ3) is 7.21. The van der Waals surface area contributed by atoms with Crippen LogP contribution in [0.2, 0.25) is 0 Å². The summed E-state index contributed by atoms with van der Waals surface area (Å²) in [6.07, 6.45) is 0.582. The first-order valence-corrected chi connectivity index (χ1v) is 11.7. The standard InChI is InChI=1S/C25H34N2O2S/c1-6-23(25(29)26-18(2)3)27(15-21-12-9-10-19(4)14-21)24(28)17-30-16-22-13-8-7-11-20(22)5/h7-14,18,23H,6,15-17H2,1-5H3,(H,26,29)/t23-/m0/s1. The normalized spacial score (nSPS) is 11.9. The Morgan fingerprint density at radius 1 is 1.07 bits per heavy atom. The van der Waals surface area contributed by atoms with E-state index in [1.54, 1.807) is 16.7 Å². The molecule has 4 nitrogen and oxygen atoms in total. The SMILES string of the molecule is CC[C@@H](C(=O)NC(C)C)N(Cc1cccc(C)c1)C(=O)CSCc1ccccc1C. The van der Waals surface area contributed by atoms with E-state index in [-0.39, 0.29) is 17.9 Å². The summed E-state index contributed by atoms with van der Waals surface area (Å²) in [6.45, 7) is 10.4. The quantitative estimate of drug-likeness (QED) is 0.590. The molecule has 0 heterocycles. The van der Waals surface area contributed by atoms with Crippen molar-refractivity contribution in [2.75, 3.05) is 5.75 Å². The minimum absolute atomic E-state index is 0.000784. The van der Waals surface area contributed by atoms with E-state index in [2.05, 4.69) is 30.4 Å². The van der Waals surface area contributed by atoms with Gasteiger partial charge in [0.05, 0.1) is 5.75 Å². The van der Waals surface area contributed by atoms with Gasteiger partial charge in [0.25, 0.3) is 0 Å². The number of nitrogens with zero attached hydrogens (tertiary/aromatic N) is 1. The first-order valence-electron chi connectivity index (χ1n) is 10.6. The minimum atomic E-state index is -0.473. The molecule has 0 saturated carbocycles. The second-order valence-corrected chi connectivity index (χ2v) is 9.00. The summed E-state index contributed by atoms with van der Waals surface area (Å²) in [6, 6.07) is 15.9. The van der Waals surface area contributed by atoms with Crippen LogP contribution in [0.3, 0.4) is 0 Å². The van der Waals surface area contributed by atoms with Crippen molar-refractivity contribution >= 4 is 23.6 Å². The first-order chi connectivity index (χ1) is 14.3. The lowest BCUT2D eigenvalue weighted by Crippen LogP contribution is -2.50. The number of aryl methyl sites for hydroxylation is 2. The Balaban J connectivity index is 2.14. The Hall–Kier alpha value is -2.27. The molecule has 2 aromatic rings. The average Bonchev–Trinajstić information content (AvgIpc) is 2.68. The molecule has 162 valence electrons. The molecule has 0 unspecified atom stereocenters. The molecule has 1 N–H and O–H groups in total. The van der Waals surface area contributed by atoms with Crippen LogP contribution < -0.4 is 5.32 Å². The summed E-state index contributed by atoms with van der Waals surface area (Å²) in [5.74, 6) is 1.05. The Bertz CT molecular complexity index is 851. The van der Waals surface area contributed by atoms with Gasteiger partial charge in [-0.25, -0.2) is 0 Å². The van der Waals surface area contributed by atoms with Crippen molar-refractivity contribution in [1.82, 2.24) is 10.2 Å². The lowest BCUT2D eigenvalue weighted by molar-refractivity contribution is -0.139. The van der Waals surface area contributed by atoms with Gasteiger partial charge in [-0.3, -0.25) is 9.59 Å². The van der Waals surface area contributed by atoms with Crippen LogP contribution in [0.4, 0.5) is 0 Å². The van der Waals surface area contributed by atoms with E-state index in [0.29, 0.717) is 18.7 Å². The van der Waals surface area contributed by atoms with E-state index < -0.39 is 6.04 Å². The average molecular weight is 427 g/mol. The van der Waals surface area contributed by atoms with Crippen molar-refractivity contribution in [2.24, 2.45) is 0 Å². The molecule has 0 radical (unpaired) electrons. The monoisotopic (exact) mass is 426 g/mol. The van der Waals surface area contributed by atoms with Crippen LogP contribution in [0.15, 0.2) is 48.5 Å². The maximum absolute atomic E-state index is 13.2. The molecule has 0 saturated heterocycles. The number of amides is 2. The molecule has 0 aromatic heterocycles. The molecule has 0 aliphatic rings. The van der Waals surface area contributed by atoms with Gasteiger partial charge in [-0.15, -0.1) is 11.8 Å². The predicted octanol–water partition coefficient (Wildman–Crippen LogP) is 4.87. The molecule has 1 atom stereocenters. The summed E-state index contributed by atoms with van der Waals surface area (Å²) < 4.78 is 0. The first kappa shape index (κ1) is 24.0. The molecule has 0 bridgehead atoms. The third-order valence-corrected chi connectivity index (χ3v) is 5.96. The van der Waals surface area contributed by atoms with E-state index >= 15 is 0 Å². The molecule has 30 heavy (non-hydrogen) atoms. The molecule has 2 amide bonds. The molecule has 0 aliphatic heterocycles. The second-order valence-electron chi connectivity index (χ2n) is 8.02. The van der Waals surface area contributed by atoms with Crippen molar-refractivity contribution in [3.05, 3.63) is 70.8 Å². The summed E-state index contributed by atoms with van der Waals surface area (Å²) in [5, 5.41) is 2.98.